The molecule has 0 spiro atoms. The van der Waals surface area contributed by atoms with Gasteiger partial charge < -0.3 is 9.84 Å². The maximum Gasteiger partial charge on any atom is 0.320 e. The van der Waals surface area contributed by atoms with E-state index in [0.717, 1.165) is 6.42 Å². The normalized spacial score (nSPS) is 46.1. The molecule has 0 aromatic heterocycles. The number of ether oxygens (including phenoxy) is 1. The molecule has 2 rings (SSSR count). The molecule has 0 amide bonds. The highest BCUT2D eigenvalue weighted by Gasteiger charge is 2.43. The Morgan fingerprint density at radius 3 is 2.92 bits per heavy atom. The predicted octanol–water partition coefficient (Wildman–Crippen LogP) is -0.0211. The van der Waals surface area contributed by atoms with E-state index in [4.69, 9.17) is 9.84 Å². The fourth-order valence-electron chi connectivity index (χ4n) is 2.08. The van der Waals surface area contributed by atoms with Gasteiger partial charge in [-0.3, -0.25) is 10.1 Å². The van der Waals surface area contributed by atoms with Gasteiger partial charge in [-0.15, -0.1) is 0 Å². The van der Waals surface area contributed by atoms with Crippen LogP contribution in [0.1, 0.15) is 19.8 Å². The second-order valence-corrected chi connectivity index (χ2v) is 3.62. The van der Waals surface area contributed by atoms with Crippen molar-refractivity contribution in [3.8, 4) is 0 Å². The van der Waals surface area contributed by atoms with Crippen molar-refractivity contribution in [1.82, 2.24) is 5.32 Å². The van der Waals surface area contributed by atoms with Gasteiger partial charge >= 0.3 is 5.97 Å². The van der Waals surface area contributed by atoms with Crippen LogP contribution in [0.3, 0.4) is 0 Å². The highest BCUT2D eigenvalue weighted by molar-refractivity contribution is 5.74. The van der Waals surface area contributed by atoms with Gasteiger partial charge in [-0.25, -0.2) is 0 Å². The molecule has 0 radical (unpaired) electrons. The number of carboxylic acids is 1. The maximum atomic E-state index is 10.6. The number of nitrogens with one attached hydrogen (secondary N) is 1. The fraction of sp³-hybridized carbons (Fsp3) is 0.875. The van der Waals surface area contributed by atoms with Gasteiger partial charge in [-0.05, 0) is 13.3 Å². The zero-order valence-corrected chi connectivity index (χ0v) is 6.99. The van der Waals surface area contributed by atoms with Crippen molar-refractivity contribution in [3.63, 3.8) is 0 Å². The largest absolute Gasteiger partial charge is 0.480 e. The summed E-state index contributed by atoms with van der Waals surface area (Å²) in [5.74, 6) is -0.763. The van der Waals surface area contributed by atoms with Gasteiger partial charge in [0.1, 0.15) is 6.04 Å². The van der Waals surface area contributed by atoms with Crippen LogP contribution in [0.5, 0.6) is 0 Å². The second-order valence-electron chi connectivity index (χ2n) is 3.62. The third-order valence-corrected chi connectivity index (χ3v) is 2.62. The molecule has 4 atom stereocenters. The van der Waals surface area contributed by atoms with Crippen LogP contribution in [-0.4, -0.2) is 35.4 Å². The van der Waals surface area contributed by atoms with Gasteiger partial charge in [-0.1, -0.05) is 0 Å². The van der Waals surface area contributed by atoms with Gasteiger partial charge in [0, 0.05) is 12.5 Å². The van der Waals surface area contributed by atoms with Crippen molar-refractivity contribution in [2.75, 3.05) is 0 Å². The van der Waals surface area contributed by atoms with Crippen LogP contribution in [0, 0.1) is 0 Å². The molecule has 2 heterocycles. The summed E-state index contributed by atoms with van der Waals surface area (Å²) in [6.45, 7) is 2.02. The maximum absolute atomic E-state index is 10.6. The smallest absolute Gasteiger partial charge is 0.320 e. The number of carboxylic acid groups (broad SMARTS) is 1. The lowest BCUT2D eigenvalue weighted by atomic mass is 10.1. The molecule has 2 aliphatic heterocycles. The molecule has 0 aliphatic carbocycles. The number of carbonyl (C=O) groups is 1. The molecule has 2 saturated heterocycles. The Hall–Kier alpha value is -0.610. The standard InChI is InChI=1S/C8H13NO3/c1-4-2-5-7(12-4)3-6(9-5)8(10)11/h4-7,9H,2-3H2,1H3,(H,10,11)/t4-,5+,6+,7+/m0/s1. The van der Waals surface area contributed by atoms with E-state index in [-0.39, 0.29) is 18.2 Å². The van der Waals surface area contributed by atoms with Crippen molar-refractivity contribution < 1.29 is 14.6 Å². The quantitative estimate of drug-likeness (QED) is 0.582. The average molecular weight is 171 g/mol. The van der Waals surface area contributed by atoms with Crippen molar-refractivity contribution in [1.29, 1.82) is 0 Å². The molecular formula is C8H13NO3. The SMILES string of the molecule is C[C@H]1C[C@H]2N[C@@H](C(=O)O)C[C@H]2O1. The Morgan fingerprint density at radius 2 is 2.33 bits per heavy atom. The van der Waals surface area contributed by atoms with Crippen LogP contribution < -0.4 is 5.32 Å². The first-order valence-electron chi connectivity index (χ1n) is 4.31. The van der Waals surface area contributed by atoms with Crippen molar-refractivity contribution in [2.24, 2.45) is 0 Å². The average Bonchev–Trinajstić information content (AvgIpc) is 2.42. The van der Waals surface area contributed by atoms with Gasteiger partial charge in [0.25, 0.3) is 0 Å². The summed E-state index contributed by atoms with van der Waals surface area (Å²) in [4.78, 5) is 10.6. The minimum atomic E-state index is -0.763. The molecular weight excluding hydrogens is 158 g/mol. The van der Waals surface area contributed by atoms with E-state index in [1.807, 2.05) is 6.92 Å². The van der Waals surface area contributed by atoms with Gasteiger partial charge in [0.15, 0.2) is 0 Å². The Kier molecular flexibility index (Phi) is 1.81. The molecule has 68 valence electrons. The first-order chi connectivity index (χ1) is 5.66. The lowest BCUT2D eigenvalue weighted by Gasteiger charge is -2.08. The number of hydrogen-bond acceptors (Lipinski definition) is 3. The minimum Gasteiger partial charge on any atom is -0.480 e. The van der Waals surface area contributed by atoms with Crippen LogP contribution in [0.25, 0.3) is 0 Å². The molecule has 2 fully saturated rings. The molecule has 2 aliphatic rings. The van der Waals surface area contributed by atoms with E-state index in [9.17, 15) is 4.79 Å². The molecule has 2 N–H and O–H groups in total. The predicted molar refractivity (Wildman–Crippen MR) is 41.9 cm³/mol. The van der Waals surface area contributed by atoms with Crippen molar-refractivity contribution in [3.05, 3.63) is 0 Å². The molecule has 0 saturated carbocycles. The van der Waals surface area contributed by atoms with E-state index >= 15 is 0 Å². The van der Waals surface area contributed by atoms with Crippen LogP contribution in [0.4, 0.5) is 0 Å². The number of rotatable bonds is 1. The van der Waals surface area contributed by atoms with Crippen LogP contribution >= 0.6 is 0 Å². The second kappa shape index (κ2) is 2.71. The summed E-state index contributed by atoms with van der Waals surface area (Å²) < 4.78 is 5.54. The van der Waals surface area contributed by atoms with Crippen molar-refractivity contribution in [2.45, 2.75) is 44.1 Å². The molecule has 0 bridgehead atoms. The van der Waals surface area contributed by atoms with Gasteiger partial charge in [0.05, 0.1) is 12.2 Å². The summed E-state index contributed by atoms with van der Waals surface area (Å²) in [5.41, 5.74) is 0. The third kappa shape index (κ3) is 1.21. The van der Waals surface area contributed by atoms with Crippen LogP contribution in [0.2, 0.25) is 0 Å². The highest BCUT2D eigenvalue weighted by atomic mass is 16.5. The first-order valence-corrected chi connectivity index (χ1v) is 4.31. The lowest BCUT2D eigenvalue weighted by Crippen LogP contribution is -2.35. The minimum absolute atomic E-state index is 0.126. The summed E-state index contributed by atoms with van der Waals surface area (Å²) in [6.07, 6.45) is 1.96. The molecule has 0 unspecified atom stereocenters. The molecule has 4 heteroatoms. The van der Waals surface area contributed by atoms with Crippen molar-refractivity contribution >= 4 is 5.97 Å². The number of aliphatic carboxylic acids is 1. The summed E-state index contributed by atoms with van der Waals surface area (Å²) in [6, 6.07) is -0.131. The monoisotopic (exact) mass is 171 g/mol. The van der Waals surface area contributed by atoms with Crippen LogP contribution in [-0.2, 0) is 9.53 Å². The Bertz CT molecular complexity index is 192. The zero-order valence-electron chi connectivity index (χ0n) is 6.99. The van der Waals surface area contributed by atoms with Crippen LogP contribution in [0.15, 0.2) is 0 Å². The fourth-order valence-corrected chi connectivity index (χ4v) is 2.08. The molecule has 0 aromatic carbocycles. The summed E-state index contributed by atoms with van der Waals surface area (Å²) in [5, 5.41) is 11.8. The van der Waals surface area contributed by atoms with Gasteiger partial charge in [0.2, 0.25) is 0 Å². The van der Waals surface area contributed by atoms with E-state index < -0.39 is 12.0 Å². The first kappa shape index (κ1) is 8.01. The molecule has 4 nitrogen and oxygen atoms in total. The lowest BCUT2D eigenvalue weighted by molar-refractivity contribution is -0.139. The Balaban J connectivity index is 1.98. The number of fused-ring (bicyclic) bond motifs is 1. The van der Waals surface area contributed by atoms with E-state index in [1.165, 1.54) is 0 Å². The Morgan fingerprint density at radius 1 is 1.58 bits per heavy atom. The van der Waals surface area contributed by atoms with E-state index in [2.05, 4.69) is 5.32 Å². The third-order valence-electron chi connectivity index (χ3n) is 2.62. The summed E-state index contributed by atoms with van der Waals surface area (Å²) in [7, 11) is 0. The zero-order chi connectivity index (χ0) is 8.72. The number of hydrogen-bond donors (Lipinski definition) is 2. The molecule has 12 heavy (non-hydrogen) atoms. The van der Waals surface area contributed by atoms with E-state index in [1.54, 1.807) is 0 Å². The Labute approximate surface area is 70.9 Å². The summed E-state index contributed by atoms with van der Waals surface area (Å²) >= 11 is 0. The molecule has 0 aromatic rings. The van der Waals surface area contributed by atoms with Gasteiger partial charge in [-0.2, -0.15) is 0 Å². The van der Waals surface area contributed by atoms with E-state index in [0.29, 0.717) is 6.42 Å². The topological polar surface area (TPSA) is 58.6 Å². The highest BCUT2D eigenvalue weighted by Crippen LogP contribution is 2.28.